The van der Waals surface area contributed by atoms with Crippen LogP contribution in [0.15, 0.2) is 54.6 Å². The summed E-state index contributed by atoms with van der Waals surface area (Å²) in [5.74, 6) is 0.784. The highest BCUT2D eigenvalue weighted by molar-refractivity contribution is 5.63. The van der Waals surface area contributed by atoms with Gasteiger partial charge in [0.2, 0.25) is 0 Å². The van der Waals surface area contributed by atoms with Gasteiger partial charge in [-0.1, -0.05) is 42.5 Å². The number of benzene rings is 2. The first kappa shape index (κ1) is 11.7. The second kappa shape index (κ2) is 5.51. The number of hydrogen-bond donors (Lipinski definition) is 1. The van der Waals surface area contributed by atoms with E-state index in [1.165, 1.54) is 5.56 Å². The minimum atomic E-state index is -0.169. The van der Waals surface area contributed by atoms with Crippen molar-refractivity contribution in [2.24, 2.45) is 0 Å². The van der Waals surface area contributed by atoms with Crippen LogP contribution in [0.1, 0.15) is 6.92 Å². The molecule has 0 aliphatic heterocycles. The third-order valence-corrected chi connectivity index (χ3v) is 2.56. The Balaban J connectivity index is 2.13. The molecule has 0 bridgehead atoms. The van der Waals surface area contributed by atoms with Crippen molar-refractivity contribution >= 4 is 0 Å². The zero-order valence-electron chi connectivity index (χ0n) is 9.84. The quantitative estimate of drug-likeness (QED) is 0.871. The predicted octanol–water partition coefficient (Wildman–Crippen LogP) is 3.11. The molecule has 2 aromatic carbocycles. The summed E-state index contributed by atoms with van der Waals surface area (Å²) in [6, 6.07) is 18.1. The second-order valence-electron chi connectivity index (χ2n) is 4.00. The molecule has 2 aromatic rings. The summed E-state index contributed by atoms with van der Waals surface area (Å²) in [7, 11) is 0. The third-order valence-electron chi connectivity index (χ3n) is 2.56. The Morgan fingerprint density at radius 2 is 1.53 bits per heavy atom. The van der Waals surface area contributed by atoms with Crippen LogP contribution in [0, 0.1) is 0 Å². The molecule has 0 saturated carbocycles. The number of rotatable bonds is 4. The van der Waals surface area contributed by atoms with Gasteiger partial charge >= 0.3 is 0 Å². The van der Waals surface area contributed by atoms with E-state index in [0.717, 1.165) is 11.3 Å². The Labute approximate surface area is 101 Å². The summed E-state index contributed by atoms with van der Waals surface area (Å²) < 4.78 is 5.50. The van der Waals surface area contributed by atoms with E-state index < -0.39 is 0 Å². The van der Waals surface area contributed by atoms with Crippen molar-refractivity contribution in [3.8, 4) is 16.9 Å². The van der Waals surface area contributed by atoms with Gasteiger partial charge in [0.25, 0.3) is 0 Å². The van der Waals surface area contributed by atoms with E-state index in [-0.39, 0.29) is 12.7 Å². The van der Waals surface area contributed by atoms with Crippen molar-refractivity contribution in [1.82, 2.24) is 0 Å². The molecular formula is C15H16O2. The highest BCUT2D eigenvalue weighted by atomic mass is 16.5. The van der Waals surface area contributed by atoms with E-state index in [2.05, 4.69) is 12.1 Å². The lowest BCUT2D eigenvalue weighted by Gasteiger charge is -2.12. The van der Waals surface area contributed by atoms with Gasteiger partial charge in [0.15, 0.2) is 0 Å². The van der Waals surface area contributed by atoms with Crippen LogP contribution in [-0.4, -0.2) is 17.8 Å². The van der Waals surface area contributed by atoms with Gasteiger partial charge in [0.1, 0.15) is 11.9 Å². The van der Waals surface area contributed by atoms with Crippen molar-refractivity contribution in [1.29, 1.82) is 0 Å². The zero-order valence-corrected chi connectivity index (χ0v) is 9.84. The second-order valence-corrected chi connectivity index (χ2v) is 4.00. The number of aliphatic hydroxyl groups excluding tert-OH is 1. The zero-order chi connectivity index (χ0) is 12.1. The fraction of sp³-hybridized carbons (Fsp3) is 0.200. The van der Waals surface area contributed by atoms with E-state index in [0.29, 0.717) is 0 Å². The third kappa shape index (κ3) is 3.08. The Hall–Kier alpha value is -1.80. The van der Waals surface area contributed by atoms with E-state index in [9.17, 15) is 0 Å². The summed E-state index contributed by atoms with van der Waals surface area (Å²) in [5, 5.41) is 8.90. The van der Waals surface area contributed by atoms with Crippen molar-refractivity contribution in [3.63, 3.8) is 0 Å². The number of aliphatic hydroxyl groups is 1. The van der Waals surface area contributed by atoms with Crippen LogP contribution in [0.4, 0.5) is 0 Å². The molecule has 0 unspecified atom stereocenters. The largest absolute Gasteiger partial charge is 0.488 e. The Morgan fingerprint density at radius 3 is 2.12 bits per heavy atom. The lowest BCUT2D eigenvalue weighted by atomic mass is 10.1. The van der Waals surface area contributed by atoms with Crippen molar-refractivity contribution in [2.45, 2.75) is 13.0 Å². The van der Waals surface area contributed by atoms with Gasteiger partial charge < -0.3 is 9.84 Å². The Morgan fingerprint density at radius 1 is 0.941 bits per heavy atom. The van der Waals surface area contributed by atoms with Gasteiger partial charge in [0.05, 0.1) is 6.61 Å². The van der Waals surface area contributed by atoms with Gasteiger partial charge in [-0.2, -0.15) is 0 Å². The summed E-state index contributed by atoms with van der Waals surface area (Å²) in [4.78, 5) is 0. The molecule has 0 aromatic heterocycles. The molecule has 1 atom stereocenters. The van der Waals surface area contributed by atoms with E-state index >= 15 is 0 Å². The molecule has 0 aliphatic rings. The molecule has 0 heterocycles. The van der Waals surface area contributed by atoms with Crippen molar-refractivity contribution in [2.75, 3.05) is 6.61 Å². The highest BCUT2D eigenvalue weighted by Crippen LogP contribution is 2.22. The summed E-state index contributed by atoms with van der Waals surface area (Å²) >= 11 is 0. The predicted molar refractivity (Wildman–Crippen MR) is 69.1 cm³/mol. The first-order chi connectivity index (χ1) is 8.29. The molecule has 0 fully saturated rings. The van der Waals surface area contributed by atoms with Gasteiger partial charge in [-0.05, 0) is 30.2 Å². The van der Waals surface area contributed by atoms with Gasteiger partial charge in [-0.3, -0.25) is 0 Å². The molecule has 2 nitrogen and oxygen atoms in total. The van der Waals surface area contributed by atoms with Crippen LogP contribution in [0.5, 0.6) is 5.75 Å². The average Bonchev–Trinajstić information content (AvgIpc) is 2.40. The van der Waals surface area contributed by atoms with Crippen molar-refractivity contribution < 1.29 is 9.84 Å². The molecule has 0 saturated heterocycles. The lowest BCUT2D eigenvalue weighted by Crippen LogP contribution is -2.15. The maximum atomic E-state index is 8.90. The lowest BCUT2D eigenvalue weighted by molar-refractivity contribution is 0.130. The molecule has 0 spiro atoms. The van der Waals surface area contributed by atoms with E-state index in [4.69, 9.17) is 9.84 Å². The average molecular weight is 228 g/mol. The fourth-order valence-corrected chi connectivity index (χ4v) is 1.63. The van der Waals surface area contributed by atoms with Gasteiger partial charge in [-0.15, -0.1) is 0 Å². The van der Waals surface area contributed by atoms with Crippen LogP contribution < -0.4 is 4.74 Å². The summed E-state index contributed by atoms with van der Waals surface area (Å²) in [6.45, 7) is 1.87. The van der Waals surface area contributed by atoms with Crippen LogP contribution in [0.25, 0.3) is 11.1 Å². The van der Waals surface area contributed by atoms with Gasteiger partial charge in [0, 0.05) is 0 Å². The van der Waals surface area contributed by atoms with Crippen LogP contribution in [0.3, 0.4) is 0 Å². The molecule has 0 radical (unpaired) electrons. The van der Waals surface area contributed by atoms with Crippen molar-refractivity contribution in [3.05, 3.63) is 54.6 Å². The molecule has 2 rings (SSSR count). The standard InChI is InChI=1S/C15H16O2/c1-12(11-16)17-15-9-7-14(8-10-15)13-5-3-2-4-6-13/h2-10,12,16H,11H2,1H3/t12-/m1/s1. The fourth-order valence-electron chi connectivity index (χ4n) is 1.63. The normalized spacial score (nSPS) is 12.1. The molecule has 2 heteroatoms. The maximum absolute atomic E-state index is 8.90. The first-order valence-corrected chi connectivity index (χ1v) is 5.72. The number of hydrogen-bond acceptors (Lipinski definition) is 2. The van der Waals surface area contributed by atoms with Crippen LogP contribution in [0.2, 0.25) is 0 Å². The summed E-state index contributed by atoms with van der Waals surface area (Å²) in [5.41, 5.74) is 2.35. The molecule has 0 amide bonds. The van der Waals surface area contributed by atoms with Crippen LogP contribution in [-0.2, 0) is 0 Å². The molecule has 1 N–H and O–H groups in total. The molecule has 88 valence electrons. The van der Waals surface area contributed by atoms with Crippen LogP contribution >= 0.6 is 0 Å². The monoisotopic (exact) mass is 228 g/mol. The first-order valence-electron chi connectivity index (χ1n) is 5.72. The SMILES string of the molecule is C[C@H](CO)Oc1ccc(-c2ccccc2)cc1. The number of ether oxygens (including phenoxy) is 1. The highest BCUT2D eigenvalue weighted by Gasteiger charge is 2.02. The minimum absolute atomic E-state index is 0.0282. The Kier molecular flexibility index (Phi) is 3.78. The molecular weight excluding hydrogens is 212 g/mol. The van der Waals surface area contributed by atoms with E-state index in [1.54, 1.807) is 0 Å². The van der Waals surface area contributed by atoms with Gasteiger partial charge in [-0.25, -0.2) is 0 Å². The smallest absolute Gasteiger partial charge is 0.119 e. The minimum Gasteiger partial charge on any atom is -0.488 e. The topological polar surface area (TPSA) is 29.5 Å². The molecule has 0 aliphatic carbocycles. The Bertz CT molecular complexity index is 448. The maximum Gasteiger partial charge on any atom is 0.119 e. The molecule has 17 heavy (non-hydrogen) atoms. The van der Waals surface area contributed by atoms with E-state index in [1.807, 2.05) is 49.4 Å². The summed E-state index contributed by atoms with van der Waals surface area (Å²) in [6.07, 6.45) is -0.169.